The van der Waals surface area contributed by atoms with Crippen molar-refractivity contribution in [3.63, 3.8) is 0 Å². The van der Waals surface area contributed by atoms with Crippen LogP contribution in [0.5, 0.6) is 0 Å². The molecule has 8 heteroatoms. The van der Waals surface area contributed by atoms with Gasteiger partial charge in [0, 0.05) is 38.3 Å². The first kappa shape index (κ1) is 15.6. The molecule has 3 heterocycles. The van der Waals surface area contributed by atoms with Gasteiger partial charge in [-0.25, -0.2) is 24.3 Å². The summed E-state index contributed by atoms with van der Waals surface area (Å²) in [6.45, 7) is 3.01. The minimum atomic E-state index is -0.236. The first-order chi connectivity index (χ1) is 11.8. The fraction of sp³-hybridized carbons (Fsp3) is 0.500. The molecule has 0 spiro atoms. The van der Waals surface area contributed by atoms with E-state index in [0.29, 0.717) is 17.4 Å². The average molecular weight is 346 g/mol. The lowest BCUT2D eigenvalue weighted by Gasteiger charge is -2.36. The SMILES string of the molecule is CSc1nccc(N2CCN(c3ncnc(C4CC4)c3F)CC2)n1. The summed E-state index contributed by atoms with van der Waals surface area (Å²) in [7, 11) is 0. The van der Waals surface area contributed by atoms with Crippen molar-refractivity contribution in [3.8, 4) is 0 Å². The van der Waals surface area contributed by atoms with Crippen LogP contribution in [0, 0.1) is 5.82 Å². The molecule has 2 fully saturated rings. The van der Waals surface area contributed by atoms with Crippen LogP contribution in [-0.2, 0) is 0 Å². The summed E-state index contributed by atoms with van der Waals surface area (Å²) in [5, 5.41) is 0.769. The summed E-state index contributed by atoms with van der Waals surface area (Å²) in [6.07, 6.45) is 7.31. The van der Waals surface area contributed by atoms with Crippen molar-refractivity contribution in [2.45, 2.75) is 23.9 Å². The summed E-state index contributed by atoms with van der Waals surface area (Å²) >= 11 is 1.53. The Kier molecular flexibility index (Phi) is 4.22. The molecule has 6 nitrogen and oxygen atoms in total. The van der Waals surface area contributed by atoms with Crippen LogP contribution in [0.25, 0.3) is 0 Å². The van der Waals surface area contributed by atoms with E-state index in [0.717, 1.165) is 50.0 Å². The maximum absolute atomic E-state index is 14.7. The van der Waals surface area contributed by atoms with E-state index in [1.807, 2.05) is 17.2 Å². The second-order valence-electron chi connectivity index (χ2n) is 6.05. The highest BCUT2D eigenvalue weighted by molar-refractivity contribution is 7.98. The van der Waals surface area contributed by atoms with Gasteiger partial charge in [0.1, 0.15) is 12.1 Å². The summed E-state index contributed by atoms with van der Waals surface area (Å²) < 4.78 is 14.7. The third kappa shape index (κ3) is 3.02. The first-order valence-corrected chi connectivity index (χ1v) is 9.36. The molecule has 2 aliphatic rings. The molecular weight excluding hydrogens is 327 g/mol. The van der Waals surface area contributed by atoms with Crippen LogP contribution < -0.4 is 9.80 Å². The van der Waals surface area contributed by atoms with Crippen molar-refractivity contribution in [1.82, 2.24) is 19.9 Å². The van der Waals surface area contributed by atoms with Gasteiger partial charge in [-0.3, -0.25) is 0 Å². The van der Waals surface area contributed by atoms with Crippen LogP contribution in [-0.4, -0.2) is 52.4 Å². The Morgan fingerprint density at radius 2 is 1.83 bits per heavy atom. The van der Waals surface area contributed by atoms with E-state index in [9.17, 15) is 4.39 Å². The third-order valence-electron chi connectivity index (χ3n) is 4.47. The molecule has 1 aliphatic carbocycles. The van der Waals surface area contributed by atoms with E-state index in [-0.39, 0.29) is 5.82 Å². The highest BCUT2D eigenvalue weighted by Gasteiger charge is 2.31. The van der Waals surface area contributed by atoms with Crippen molar-refractivity contribution in [2.75, 3.05) is 42.2 Å². The maximum Gasteiger partial charge on any atom is 0.189 e. The van der Waals surface area contributed by atoms with Gasteiger partial charge in [-0.15, -0.1) is 0 Å². The molecule has 2 aromatic rings. The van der Waals surface area contributed by atoms with Gasteiger partial charge in [0.05, 0.1) is 5.69 Å². The number of anilines is 2. The zero-order valence-electron chi connectivity index (χ0n) is 13.5. The van der Waals surface area contributed by atoms with Gasteiger partial charge >= 0.3 is 0 Å². The van der Waals surface area contributed by atoms with Crippen molar-refractivity contribution >= 4 is 23.4 Å². The van der Waals surface area contributed by atoms with Crippen LogP contribution in [0.3, 0.4) is 0 Å². The lowest BCUT2D eigenvalue weighted by molar-refractivity contribution is 0.566. The van der Waals surface area contributed by atoms with E-state index >= 15 is 0 Å². The predicted molar refractivity (Wildman–Crippen MR) is 92.2 cm³/mol. The lowest BCUT2D eigenvalue weighted by Crippen LogP contribution is -2.47. The Hall–Kier alpha value is -1.96. The fourth-order valence-electron chi connectivity index (χ4n) is 2.99. The number of hydrogen-bond acceptors (Lipinski definition) is 7. The molecule has 0 aromatic carbocycles. The molecule has 0 amide bonds. The molecule has 4 rings (SSSR count). The van der Waals surface area contributed by atoms with Crippen LogP contribution in [0.4, 0.5) is 16.0 Å². The molecule has 1 saturated heterocycles. The fourth-order valence-corrected chi connectivity index (χ4v) is 3.34. The third-order valence-corrected chi connectivity index (χ3v) is 5.03. The van der Waals surface area contributed by atoms with Crippen molar-refractivity contribution in [2.24, 2.45) is 0 Å². The number of rotatable bonds is 4. The second-order valence-corrected chi connectivity index (χ2v) is 6.82. The van der Waals surface area contributed by atoms with Crippen molar-refractivity contribution in [1.29, 1.82) is 0 Å². The zero-order valence-corrected chi connectivity index (χ0v) is 14.3. The topological polar surface area (TPSA) is 58.0 Å². The molecule has 1 aliphatic heterocycles. The van der Waals surface area contributed by atoms with Gasteiger partial charge in [-0.1, -0.05) is 11.8 Å². The molecule has 2 aromatic heterocycles. The van der Waals surface area contributed by atoms with Gasteiger partial charge in [0.15, 0.2) is 16.8 Å². The smallest absolute Gasteiger partial charge is 0.189 e. The van der Waals surface area contributed by atoms with Gasteiger partial charge in [0.25, 0.3) is 0 Å². The van der Waals surface area contributed by atoms with Crippen molar-refractivity contribution < 1.29 is 4.39 Å². The highest BCUT2D eigenvalue weighted by Crippen LogP contribution is 2.41. The van der Waals surface area contributed by atoms with Crippen LogP contribution >= 0.6 is 11.8 Å². The Labute approximate surface area is 144 Å². The lowest BCUT2D eigenvalue weighted by atomic mass is 10.2. The van der Waals surface area contributed by atoms with Gasteiger partial charge in [0.2, 0.25) is 0 Å². The van der Waals surface area contributed by atoms with Gasteiger partial charge in [-0.2, -0.15) is 0 Å². The van der Waals surface area contributed by atoms with Crippen LogP contribution in [0.1, 0.15) is 24.5 Å². The molecule has 24 heavy (non-hydrogen) atoms. The Morgan fingerprint density at radius 1 is 1.08 bits per heavy atom. The normalized spacial score (nSPS) is 18.1. The molecular formula is C16H19FN6S. The number of halogens is 1. The first-order valence-electron chi connectivity index (χ1n) is 8.13. The van der Waals surface area contributed by atoms with E-state index in [2.05, 4.69) is 24.8 Å². The average Bonchev–Trinajstić information content (AvgIpc) is 3.47. The number of aromatic nitrogens is 4. The summed E-state index contributed by atoms with van der Waals surface area (Å²) in [6, 6.07) is 1.92. The number of hydrogen-bond donors (Lipinski definition) is 0. The Bertz CT molecular complexity index is 730. The molecule has 0 N–H and O–H groups in total. The summed E-state index contributed by atoms with van der Waals surface area (Å²) in [4.78, 5) is 21.3. The Morgan fingerprint density at radius 3 is 2.54 bits per heavy atom. The molecule has 0 unspecified atom stereocenters. The second kappa shape index (κ2) is 6.51. The van der Waals surface area contributed by atoms with Gasteiger partial charge < -0.3 is 9.80 Å². The highest BCUT2D eigenvalue weighted by atomic mass is 32.2. The minimum Gasteiger partial charge on any atom is -0.353 e. The van der Waals surface area contributed by atoms with Crippen LogP contribution in [0.2, 0.25) is 0 Å². The minimum absolute atomic E-state index is 0.236. The molecule has 126 valence electrons. The number of piperazine rings is 1. The van der Waals surface area contributed by atoms with E-state index < -0.39 is 0 Å². The Balaban J connectivity index is 1.47. The molecule has 0 radical (unpaired) electrons. The monoisotopic (exact) mass is 346 g/mol. The number of nitrogens with zero attached hydrogens (tertiary/aromatic N) is 6. The maximum atomic E-state index is 14.7. The molecule has 0 bridgehead atoms. The standard InChI is InChI=1S/C16H19FN6S/c1-24-16-18-5-4-12(21-16)22-6-8-23(9-7-22)15-13(17)14(11-2-3-11)19-10-20-15/h4-5,10-11H,2-3,6-9H2,1H3. The van der Waals surface area contributed by atoms with Gasteiger partial charge in [-0.05, 0) is 25.2 Å². The van der Waals surface area contributed by atoms with E-state index in [1.165, 1.54) is 18.1 Å². The summed E-state index contributed by atoms with van der Waals surface area (Å²) in [5.74, 6) is 1.43. The quantitative estimate of drug-likeness (QED) is 0.622. The summed E-state index contributed by atoms with van der Waals surface area (Å²) in [5.41, 5.74) is 0.586. The largest absolute Gasteiger partial charge is 0.353 e. The molecule has 0 atom stereocenters. The molecule has 1 saturated carbocycles. The number of thioether (sulfide) groups is 1. The van der Waals surface area contributed by atoms with Crippen molar-refractivity contribution in [3.05, 3.63) is 30.1 Å². The van der Waals surface area contributed by atoms with E-state index in [1.54, 1.807) is 6.20 Å². The predicted octanol–water partition coefficient (Wildman–Crippen LogP) is 2.33. The van der Waals surface area contributed by atoms with Crippen LogP contribution in [0.15, 0.2) is 23.7 Å². The van der Waals surface area contributed by atoms with E-state index in [4.69, 9.17) is 0 Å². The zero-order chi connectivity index (χ0) is 16.5.